The summed E-state index contributed by atoms with van der Waals surface area (Å²) in [5.41, 5.74) is 0.443. The van der Waals surface area contributed by atoms with Gasteiger partial charge in [-0.05, 0) is 60.7 Å². The third kappa shape index (κ3) is 4.73. The maximum Gasteiger partial charge on any atom is 0.0330 e. The third-order valence-electron chi connectivity index (χ3n) is 5.01. The van der Waals surface area contributed by atoms with Crippen LogP contribution in [0, 0.1) is 0 Å². The molecule has 0 saturated heterocycles. The molecule has 0 bridgehead atoms. The van der Waals surface area contributed by atoms with Crippen LogP contribution in [0.3, 0.4) is 0 Å². The van der Waals surface area contributed by atoms with E-state index in [1.54, 1.807) is 0 Å². The van der Waals surface area contributed by atoms with Crippen molar-refractivity contribution in [3.05, 3.63) is 0 Å². The maximum absolute atomic E-state index is 3.66. The third-order valence-corrected chi connectivity index (χ3v) is 5.01. The van der Waals surface area contributed by atoms with Gasteiger partial charge in [-0.15, -0.1) is 0 Å². The van der Waals surface area contributed by atoms with E-state index in [1.807, 2.05) is 0 Å². The Morgan fingerprint density at radius 2 is 1.79 bits per heavy atom. The molecule has 1 rings (SSSR count). The van der Waals surface area contributed by atoms with Gasteiger partial charge in [0.25, 0.3) is 0 Å². The SMILES string of the molecule is CCCC(C)NCC(C)N(C)CC1(N(C)C)CCC1. The lowest BCUT2D eigenvalue weighted by molar-refractivity contribution is 0.0180. The maximum atomic E-state index is 3.66. The fourth-order valence-corrected chi connectivity index (χ4v) is 3.01. The molecule has 0 heterocycles. The summed E-state index contributed by atoms with van der Waals surface area (Å²) in [7, 11) is 6.75. The van der Waals surface area contributed by atoms with E-state index in [-0.39, 0.29) is 0 Å². The Labute approximate surface area is 120 Å². The fourth-order valence-electron chi connectivity index (χ4n) is 3.01. The molecule has 2 unspecified atom stereocenters. The first-order chi connectivity index (χ1) is 8.91. The minimum atomic E-state index is 0.443. The van der Waals surface area contributed by atoms with Crippen molar-refractivity contribution in [2.75, 3.05) is 34.2 Å². The van der Waals surface area contributed by atoms with Crippen molar-refractivity contribution in [1.82, 2.24) is 15.1 Å². The smallest absolute Gasteiger partial charge is 0.0330 e. The van der Waals surface area contributed by atoms with Crippen LogP contribution in [-0.2, 0) is 0 Å². The average Bonchev–Trinajstić information content (AvgIpc) is 2.30. The standard InChI is InChI=1S/C16H35N3/c1-7-9-14(2)17-12-15(3)19(6)13-16(18(4)5)10-8-11-16/h14-15,17H,7-13H2,1-6H3. The van der Waals surface area contributed by atoms with Crippen molar-refractivity contribution >= 4 is 0 Å². The Hall–Kier alpha value is -0.120. The van der Waals surface area contributed by atoms with Gasteiger partial charge in [-0.2, -0.15) is 0 Å². The van der Waals surface area contributed by atoms with Crippen LogP contribution in [0.15, 0.2) is 0 Å². The zero-order valence-electron chi connectivity index (χ0n) is 14.0. The first-order valence-corrected chi connectivity index (χ1v) is 8.02. The van der Waals surface area contributed by atoms with Crippen molar-refractivity contribution in [1.29, 1.82) is 0 Å². The molecule has 0 aliphatic heterocycles. The van der Waals surface area contributed by atoms with Crippen LogP contribution in [0.25, 0.3) is 0 Å². The highest BCUT2D eigenvalue weighted by molar-refractivity contribution is 4.98. The molecule has 0 aromatic heterocycles. The lowest BCUT2D eigenvalue weighted by atomic mass is 9.75. The lowest BCUT2D eigenvalue weighted by Gasteiger charge is -2.50. The van der Waals surface area contributed by atoms with Gasteiger partial charge in [0.15, 0.2) is 0 Å². The number of nitrogens with zero attached hydrogens (tertiary/aromatic N) is 2. The van der Waals surface area contributed by atoms with Crippen LogP contribution in [0.5, 0.6) is 0 Å². The Morgan fingerprint density at radius 3 is 2.21 bits per heavy atom. The molecule has 1 fully saturated rings. The zero-order chi connectivity index (χ0) is 14.5. The van der Waals surface area contributed by atoms with E-state index in [0.29, 0.717) is 17.6 Å². The molecule has 1 saturated carbocycles. The van der Waals surface area contributed by atoms with Crippen LogP contribution < -0.4 is 5.32 Å². The van der Waals surface area contributed by atoms with Gasteiger partial charge in [-0.3, -0.25) is 0 Å². The average molecular weight is 269 g/mol. The van der Waals surface area contributed by atoms with E-state index in [4.69, 9.17) is 0 Å². The molecular weight excluding hydrogens is 234 g/mol. The van der Waals surface area contributed by atoms with E-state index < -0.39 is 0 Å². The van der Waals surface area contributed by atoms with Crippen LogP contribution in [-0.4, -0.2) is 61.7 Å². The summed E-state index contributed by atoms with van der Waals surface area (Å²) < 4.78 is 0. The van der Waals surface area contributed by atoms with E-state index in [1.165, 1.54) is 38.6 Å². The minimum absolute atomic E-state index is 0.443. The van der Waals surface area contributed by atoms with Crippen LogP contribution >= 0.6 is 0 Å². The molecule has 114 valence electrons. The highest BCUT2D eigenvalue weighted by atomic mass is 15.2. The topological polar surface area (TPSA) is 18.5 Å². The Kier molecular flexibility index (Phi) is 6.78. The molecule has 3 heteroatoms. The van der Waals surface area contributed by atoms with E-state index in [2.05, 4.69) is 57.0 Å². The number of hydrogen-bond donors (Lipinski definition) is 1. The molecule has 0 amide bonds. The van der Waals surface area contributed by atoms with Gasteiger partial charge in [-0.25, -0.2) is 0 Å². The normalized spacial score (nSPS) is 21.5. The molecule has 0 spiro atoms. The molecule has 19 heavy (non-hydrogen) atoms. The Bertz CT molecular complexity index is 248. The largest absolute Gasteiger partial charge is 0.313 e. The van der Waals surface area contributed by atoms with Crippen molar-refractivity contribution in [2.24, 2.45) is 0 Å². The van der Waals surface area contributed by atoms with Gasteiger partial charge in [0, 0.05) is 30.7 Å². The fraction of sp³-hybridized carbons (Fsp3) is 1.00. The predicted octanol–water partition coefficient (Wildman–Crippen LogP) is 2.57. The summed E-state index contributed by atoms with van der Waals surface area (Å²) in [5.74, 6) is 0. The summed E-state index contributed by atoms with van der Waals surface area (Å²) in [6.07, 6.45) is 6.65. The number of likely N-dealkylation sites (N-methyl/N-ethyl adjacent to an activating group) is 2. The first kappa shape index (κ1) is 16.9. The Morgan fingerprint density at radius 1 is 1.16 bits per heavy atom. The van der Waals surface area contributed by atoms with E-state index in [0.717, 1.165) is 6.54 Å². The van der Waals surface area contributed by atoms with Gasteiger partial charge in [0.1, 0.15) is 0 Å². The van der Waals surface area contributed by atoms with Crippen molar-refractivity contribution in [3.8, 4) is 0 Å². The monoisotopic (exact) mass is 269 g/mol. The number of hydrogen-bond acceptors (Lipinski definition) is 3. The van der Waals surface area contributed by atoms with Crippen molar-refractivity contribution in [2.45, 2.75) is 70.5 Å². The summed E-state index contributed by atoms with van der Waals surface area (Å²) in [5, 5.41) is 3.66. The second-order valence-electron chi connectivity index (χ2n) is 6.83. The molecule has 0 radical (unpaired) electrons. The highest BCUT2D eigenvalue weighted by Gasteiger charge is 2.40. The first-order valence-electron chi connectivity index (χ1n) is 8.02. The van der Waals surface area contributed by atoms with Crippen LogP contribution in [0.4, 0.5) is 0 Å². The quantitative estimate of drug-likeness (QED) is 0.694. The van der Waals surface area contributed by atoms with Crippen molar-refractivity contribution < 1.29 is 0 Å². The summed E-state index contributed by atoms with van der Waals surface area (Å²) in [6, 6.07) is 1.25. The molecular formula is C16H35N3. The summed E-state index contributed by atoms with van der Waals surface area (Å²) >= 11 is 0. The Balaban J connectivity index is 2.33. The van der Waals surface area contributed by atoms with Gasteiger partial charge < -0.3 is 15.1 Å². The van der Waals surface area contributed by atoms with Gasteiger partial charge in [0.2, 0.25) is 0 Å². The number of nitrogens with one attached hydrogen (secondary N) is 1. The van der Waals surface area contributed by atoms with E-state index in [9.17, 15) is 0 Å². The predicted molar refractivity (Wildman–Crippen MR) is 84.7 cm³/mol. The summed E-state index contributed by atoms with van der Waals surface area (Å²) in [6.45, 7) is 9.19. The lowest BCUT2D eigenvalue weighted by Crippen LogP contribution is -2.58. The van der Waals surface area contributed by atoms with Gasteiger partial charge in [0.05, 0.1) is 0 Å². The molecule has 0 aromatic carbocycles. The second kappa shape index (κ2) is 7.61. The number of rotatable bonds is 9. The van der Waals surface area contributed by atoms with E-state index >= 15 is 0 Å². The van der Waals surface area contributed by atoms with Crippen LogP contribution in [0.2, 0.25) is 0 Å². The molecule has 2 atom stereocenters. The van der Waals surface area contributed by atoms with Gasteiger partial charge >= 0.3 is 0 Å². The molecule has 1 aliphatic carbocycles. The molecule has 0 aromatic rings. The molecule has 1 N–H and O–H groups in total. The highest BCUT2D eigenvalue weighted by Crippen LogP contribution is 2.36. The van der Waals surface area contributed by atoms with Crippen molar-refractivity contribution in [3.63, 3.8) is 0 Å². The van der Waals surface area contributed by atoms with Gasteiger partial charge in [-0.1, -0.05) is 13.3 Å². The second-order valence-corrected chi connectivity index (χ2v) is 6.83. The molecule has 3 nitrogen and oxygen atoms in total. The molecule has 1 aliphatic rings. The zero-order valence-corrected chi connectivity index (χ0v) is 14.0. The summed E-state index contributed by atoms with van der Waals surface area (Å²) in [4.78, 5) is 4.97. The van der Waals surface area contributed by atoms with Crippen LogP contribution in [0.1, 0.15) is 52.9 Å². The minimum Gasteiger partial charge on any atom is -0.313 e.